The second kappa shape index (κ2) is 9.92. The van der Waals surface area contributed by atoms with Gasteiger partial charge in [0, 0.05) is 30.0 Å². The van der Waals surface area contributed by atoms with Gasteiger partial charge in [0.15, 0.2) is 12.4 Å². The Hall–Kier alpha value is -2.92. The molecule has 0 aliphatic carbocycles. The molecule has 2 aromatic carbocycles. The van der Waals surface area contributed by atoms with Gasteiger partial charge < -0.3 is 14.8 Å². The highest BCUT2D eigenvalue weighted by atomic mass is 35.5. The van der Waals surface area contributed by atoms with Crippen molar-refractivity contribution in [2.45, 2.75) is 18.6 Å². The monoisotopic (exact) mass is 490 g/mol. The average Bonchev–Trinajstić information content (AvgIpc) is 3.30. The van der Waals surface area contributed by atoms with Gasteiger partial charge in [0.2, 0.25) is 10.0 Å². The predicted molar refractivity (Wildman–Crippen MR) is 123 cm³/mol. The fraction of sp³-hybridized carbons (Fsp3) is 0.273. The predicted octanol–water partition coefficient (Wildman–Crippen LogP) is 3.15. The minimum atomic E-state index is -3.59. The molecule has 1 aromatic heterocycles. The van der Waals surface area contributed by atoms with E-state index >= 15 is 0 Å². The van der Waals surface area contributed by atoms with Crippen LogP contribution in [-0.4, -0.2) is 54.7 Å². The molecule has 33 heavy (non-hydrogen) atoms. The number of aryl methyl sites for hydroxylation is 1. The van der Waals surface area contributed by atoms with Crippen molar-refractivity contribution < 1.29 is 22.7 Å². The zero-order chi connectivity index (χ0) is 23.4. The zero-order valence-corrected chi connectivity index (χ0v) is 19.5. The molecule has 1 aliphatic heterocycles. The van der Waals surface area contributed by atoms with Gasteiger partial charge in [0.1, 0.15) is 5.75 Å². The van der Waals surface area contributed by atoms with Crippen LogP contribution in [0, 0.1) is 6.92 Å². The SMILES string of the molecule is Cc1cc(OCn2ccc(C(=O)Nc3ccc(S(=O)(=O)N4CCOCC4)cc3)n2)ccc1Cl. The van der Waals surface area contributed by atoms with Crippen LogP contribution in [0.4, 0.5) is 5.69 Å². The number of carbonyl (C=O) groups excluding carboxylic acids is 1. The Morgan fingerprint density at radius 1 is 1.15 bits per heavy atom. The molecule has 0 atom stereocenters. The van der Waals surface area contributed by atoms with E-state index in [2.05, 4.69) is 10.4 Å². The molecule has 1 N–H and O–H groups in total. The number of morpholine rings is 1. The van der Waals surface area contributed by atoms with E-state index in [1.807, 2.05) is 13.0 Å². The first kappa shape index (κ1) is 23.2. The molecule has 0 bridgehead atoms. The maximum atomic E-state index is 12.7. The van der Waals surface area contributed by atoms with Crippen LogP contribution in [0.1, 0.15) is 16.1 Å². The Balaban J connectivity index is 1.35. The maximum absolute atomic E-state index is 12.7. The van der Waals surface area contributed by atoms with Crippen molar-refractivity contribution in [1.29, 1.82) is 0 Å². The van der Waals surface area contributed by atoms with E-state index in [1.54, 1.807) is 36.5 Å². The number of ether oxygens (including phenoxy) is 2. The minimum absolute atomic E-state index is 0.127. The third kappa shape index (κ3) is 5.53. The first-order chi connectivity index (χ1) is 15.8. The summed E-state index contributed by atoms with van der Waals surface area (Å²) in [5.41, 5.74) is 1.57. The van der Waals surface area contributed by atoms with Crippen LogP contribution in [0.15, 0.2) is 59.6 Å². The van der Waals surface area contributed by atoms with Gasteiger partial charge in [-0.15, -0.1) is 0 Å². The summed E-state index contributed by atoms with van der Waals surface area (Å²) >= 11 is 6.01. The molecule has 11 heteroatoms. The number of halogens is 1. The Bertz CT molecular complexity index is 1240. The molecule has 0 spiro atoms. The molecule has 1 fully saturated rings. The van der Waals surface area contributed by atoms with Crippen LogP contribution < -0.4 is 10.1 Å². The summed E-state index contributed by atoms with van der Waals surface area (Å²) in [6.45, 7) is 3.42. The van der Waals surface area contributed by atoms with Crippen molar-refractivity contribution in [3.8, 4) is 5.75 Å². The van der Waals surface area contributed by atoms with Crippen molar-refractivity contribution in [3.05, 3.63) is 71.0 Å². The van der Waals surface area contributed by atoms with E-state index in [9.17, 15) is 13.2 Å². The van der Waals surface area contributed by atoms with Crippen LogP contribution in [0.5, 0.6) is 5.75 Å². The second-order valence-corrected chi connectivity index (χ2v) is 9.76. The summed E-state index contributed by atoms with van der Waals surface area (Å²) in [4.78, 5) is 12.7. The van der Waals surface area contributed by atoms with Gasteiger partial charge in [-0.25, -0.2) is 13.1 Å². The highest BCUT2D eigenvalue weighted by molar-refractivity contribution is 7.89. The van der Waals surface area contributed by atoms with Crippen LogP contribution in [-0.2, 0) is 21.5 Å². The normalized spacial score (nSPS) is 14.7. The first-order valence-electron chi connectivity index (χ1n) is 10.2. The number of rotatable bonds is 7. The lowest BCUT2D eigenvalue weighted by Gasteiger charge is -2.26. The molecule has 0 unspecified atom stereocenters. The molecule has 0 saturated carbocycles. The van der Waals surface area contributed by atoms with E-state index in [0.29, 0.717) is 42.8 Å². The number of anilines is 1. The van der Waals surface area contributed by atoms with Gasteiger partial charge >= 0.3 is 0 Å². The van der Waals surface area contributed by atoms with E-state index in [-0.39, 0.29) is 17.3 Å². The largest absolute Gasteiger partial charge is 0.471 e. The van der Waals surface area contributed by atoms with Crippen molar-refractivity contribution in [2.24, 2.45) is 0 Å². The Morgan fingerprint density at radius 3 is 2.58 bits per heavy atom. The number of nitrogens with zero attached hydrogens (tertiary/aromatic N) is 3. The van der Waals surface area contributed by atoms with Gasteiger partial charge in [-0.3, -0.25) is 4.79 Å². The van der Waals surface area contributed by atoms with Crippen LogP contribution in [0.3, 0.4) is 0 Å². The van der Waals surface area contributed by atoms with Gasteiger partial charge in [-0.05, 0) is 61.0 Å². The van der Waals surface area contributed by atoms with Crippen LogP contribution in [0.25, 0.3) is 0 Å². The molecule has 174 valence electrons. The molecule has 1 amide bonds. The van der Waals surface area contributed by atoms with Crippen molar-refractivity contribution >= 4 is 33.2 Å². The number of hydrogen-bond donors (Lipinski definition) is 1. The molecule has 4 rings (SSSR count). The number of sulfonamides is 1. The lowest BCUT2D eigenvalue weighted by Crippen LogP contribution is -2.40. The number of aromatic nitrogens is 2. The van der Waals surface area contributed by atoms with Gasteiger partial charge in [-0.1, -0.05) is 11.6 Å². The van der Waals surface area contributed by atoms with Crippen molar-refractivity contribution in [3.63, 3.8) is 0 Å². The molecular weight excluding hydrogens is 468 g/mol. The molecule has 1 saturated heterocycles. The number of hydrogen-bond acceptors (Lipinski definition) is 6. The summed E-state index contributed by atoms with van der Waals surface area (Å²) < 4.78 is 39.2. The molecule has 0 radical (unpaired) electrons. The fourth-order valence-electron chi connectivity index (χ4n) is 3.24. The van der Waals surface area contributed by atoms with Crippen LogP contribution >= 0.6 is 11.6 Å². The average molecular weight is 491 g/mol. The molecule has 9 nitrogen and oxygen atoms in total. The Morgan fingerprint density at radius 2 is 1.88 bits per heavy atom. The molecular formula is C22H23ClN4O5S. The van der Waals surface area contributed by atoms with Gasteiger partial charge in [0.25, 0.3) is 5.91 Å². The Labute approximate surface area is 196 Å². The number of nitrogens with one attached hydrogen (secondary N) is 1. The van der Waals surface area contributed by atoms with Gasteiger partial charge in [-0.2, -0.15) is 9.40 Å². The second-order valence-electron chi connectivity index (χ2n) is 7.42. The summed E-state index contributed by atoms with van der Waals surface area (Å²) in [5, 5.41) is 7.60. The van der Waals surface area contributed by atoms with Gasteiger partial charge in [0.05, 0.1) is 18.1 Å². The summed E-state index contributed by atoms with van der Waals surface area (Å²) in [5.74, 6) is 0.227. The summed E-state index contributed by atoms with van der Waals surface area (Å²) in [6, 6.07) is 13.0. The molecule has 2 heterocycles. The highest BCUT2D eigenvalue weighted by Crippen LogP contribution is 2.22. The number of amides is 1. The lowest BCUT2D eigenvalue weighted by atomic mass is 10.2. The smallest absolute Gasteiger partial charge is 0.276 e. The zero-order valence-electron chi connectivity index (χ0n) is 17.9. The third-order valence-corrected chi connectivity index (χ3v) is 7.42. The third-order valence-electron chi connectivity index (χ3n) is 5.09. The first-order valence-corrected chi connectivity index (χ1v) is 12.1. The van der Waals surface area contributed by atoms with Crippen molar-refractivity contribution in [1.82, 2.24) is 14.1 Å². The van der Waals surface area contributed by atoms with E-state index < -0.39 is 15.9 Å². The Kier molecular flexibility index (Phi) is 6.99. The topological polar surface area (TPSA) is 103 Å². The van der Waals surface area contributed by atoms with Crippen molar-refractivity contribution in [2.75, 3.05) is 31.6 Å². The minimum Gasteiger partial charge on any atom is -0.471 e. The number of carbonyl (C=O) groups is 1. The van der Waals surface area contributed by atoms with Crippen LogP contribution in [0.2, 0.25) is 5.02 Å². The molecule has 1 aliphatic rings. The standard InChI is InChI=1S/C22H23ClN4O5S/c1-16-14-18(4-7-20(16)23)32-15-26-9-8-21(25-26)22(28)24-17-2-5-19(6-3-17)33(29,30)27-10-12-31-13-11-27/h2-9,14H,10-13,15H2,1H3,(H,24,28). The van der Waals surface area contributed by atoms with E-state index in [1.165, 1.54) is 21.1 Å². The van der Waals surface area contributed by atoms with E-state index in [0.717, 1.165) is 5.56 Å². The molecule has 3 aromatic rings. The maximum Gasteiger partial charge on any atom is 0.276 e. The quantitative estimate of drug-likeness (QED) is 0.545. The summed E-state index contributed by atoms with van der Waals surface area (Å²) in [6.07, 6.45) is 1.63. The lowest BCUT2D eigenvalue weighted by molar-refractivity contribution is 0.0730. The highest BCUT2D eigenvalue weighted by Gasteiger charge is 2.26. The van der Waals surface area contributed by atoms with E-state index in [4.69, 9.17) is 21.1 Å². The fourth-order valence-corrected chi connectivity index (χ4v) is 4.77. The summed E-state index contributed by atoms with van der Waals surface area (Å²) in [7, 11) is -3.59. The number of benzene rings is 2.